The van der Waals surface area contributed by atoms with Crippen molar-refractivity contribution < 1.29 is 9.53 Å². The molecule has 0 radical (unpaired) electrons. The van der Waals surface area contributed by atoms with Crippen LogP contribution >= 0.6 is 0 Å². The van der Waals surface area contributed by atoms with Crippen LogP contribution in [0.1, 0.15) is 36.8 Å². The van der Waals surface area contributed by atoms with E-state index in [0.717, 1.165) is 5.56 Å². The van der Waals surface area contributed by atoms with Gasteiger partial charge in [0.05, 0.1) is 7.11 Å². The Morgan fingerprint density at radius 1 is 1.09 bits per heavy atom. The summed E-state index contributed by atoms with van der Waals surface area (Å²) in [7, 11) is 1.52. The number of carbonyl (C=O) groups is 1. The van der Waals surface area contributed by atoms with Gasteiger partial charge in [0.2, 0.25) is 5.88 Å². The molecule has 2 aromatic rings. The van der Waals surface area contributed by atoms with E-state index in [2.05, 4.69) is 10.2 Å². The Morgan fingerprint density at radius 2 is 1.77 bits per heavy atom. The van der Waals surface area contributed by atoms with Crippen molar-refractivity contribution in [2.24, 2.45) is 0 Å². The molecule has 5 nitrogen and oxygen atoms in total. The summed E-state index contributed by atoms with van der Waals surface area (Å²) in [5, 5.41) is 7.83. The second kappa shape index (κ2) is 6.56. The van der Waals surface area contributed by atoms with Crippen molar-refractivity contribution in [3.8, 4) is 5.88 Å². The lowest BCUT2D eigenvalue weighted by molar-refractivity contribution is 0.0551. The Balaban J connectivity index is 2.26. The number of nitrogens with zero attached hydrogens (tertiary/aromatic N) is 3. The number of amides is 1. The van der Waals surface area contributed by atoms with Crippen molar-refractivity contribution in [2.45, 2.75) is 32.9 Å². The van der Waals surface area contributed by atoms with Crippen molar-refractivity contribution >= 4 is 5.91 Å². The van der Waals surface area contributed by atoms with Gasteiger partial charge in [-0.25, -0.2) is 0 Å². The van der Waals surface area contributed by atoms with Crippen LogP contribution in [-0.2, 0) is 6.54 Å². The first-order valence-corrected chi connectivity index (χ1v) is 7.15. The molecule has 0 aliphatic carbocycles. The van der Waals surface area contributed by atoms with Gasteiger partial charge in [0, 0.05) is 18.2 Å². The summed E-state index contributed by atoms with van der Waals surface area (Å²) in [6.07, 6.45) is 0. The fraction of sp³-hybridized carbons (Fsp3) is 0.353. The normalized spacial score (nSPS) is 11.1. The molecular weight excluding hydrogens is 278 g/mol. The highest BCUT2D eigenvalue weighted by Crippen LogP contribution is 2.20. The zero-order valence-corrected chi connectivity index (χ0v) is 13.4. The van der Waals surface area contributed by atoms with Gasteiger partial charge in [-0.2, -0.15) is 0 Å². The van der Waals surface area contributed by atoms with Gasteiger partial charge in [-0.15, -0.1) is 10.2 Å². The predicted molar refractivity (Wildman–Crippen MR) is 84.7 cm³/mol. The molecule has 0 saturated carbocycles. The molecule has 0 unspecified atom stereocenters. The van der Waals surface area contributed by atoms with E-state index in [4.69, 9.17) is 4.74 Å². The van der Waals surface area contributed by atoms with E-state index >= 15 is 0 Å². The van der Waals surface area contributed by atoms with Gasteiger partial charge in [0.1, 0.15) is 0 Å². The second-order valence-corrected chi connectivity index (χ2v) is 6.01. The molecule has 0 bridgehead atoms. The van der Waals surface area contributed by atoms with Crippen LogP contribution in [0.4, 0.5) is 0 Å². The van der Waals surface area contributed by atoms with Gasteiger partial charge in [0.25, 0.3) is 5.91 Å². The highest BCUT2D eigenvalue weighted by Gasteiger charge is 2.28. The molecule has 116 valence electrons. The highest BCUT2D eigenvalue weighted by atomic mass is 16.5. The molecule has 5 heteroatoms. The van der Waals surface area contributed by atoms with E-state index < -0.39 is 0 Å². The molecule has 0 aliphatic heterocycles. The van der Waals surface area contributed by atoms with Gasteiger partial charge in [0.15, 0.2) is 5.69 Å². The first-order chi connectivity index (χ1) is 10.4. The largest absolute Gasteiger partial charge is 0.480 e. The topological polar surface area (TPSA) is 55.3 Å². The summed E-state index contributed by atoms with van der Waals surface area (Å²) in [5.41, 5.74) is 1.06. The lowest BCUT2D eigenvalue weighted by Crippen LogP contribution is -2.45. The van der Waals surface area contributed by atoms with Crippen molar-refractivity contribution in [2.75, 3.05) is 7.11 Å². The molecule has 0 atom stereocenters. The van der Waals surface area contributed by atoms with Crippen LogP contribution < -0.4 is 4.74 Å². The van der Waals surface area contributed by atoms with Gasteiger partial charge < -0.3 is 9.64 Å². The average molecular weight is 299 g/mol. The summed E-state index contributed by atoms with van der Waals surface area (Å²) in [6.45, 7) is 6.54. The summed E-state index contributed by atoms with van der Waals surface area (Å²) < 4.78 is 4.97. The molecule has 1 amide bonds. The minimum atomic E-state index is -0.325. The molecule has 22 heavy (non-hydrogen) atoms. The minimum absolute atomic E-state index is 0.147. The van der Waals surface area contributed by atoms with Crippen LogP contribution in [0, 0.1) is 0 Å². The van der Waals surface area contributed by atoms with Crippen molar-refractivity contribution in [1.29, 1.82) is 0 Å². The number of hydrogen-bond acceptors (Lipinski definition) is 4. The molecule has 0 fully saturated rings. The van der Waals surface area contributed by atoms with Crippen molar-refractivity contribution in [3.63, 3.8) is 0 Å². The van der Waals surface area contributed by atoms with E-state index in [0.29, 0.717) is 18.1 Å². The minimum Gasteiger partial charge on any atom is -0.480 e. The summed E-state index contributed by atoms with van der Waals surface area (Å²) in [4.78, 5) is 14.6. The zero-order valence-electron chi connectivity index (χ0n) is 13.4. The van der Waals surface area contributed by atoms with Crippen LogP contribution in [0.2, 0.25) is 0 Å². The summed E-state index contributed by atoms with van der Waals surface area (Å²) in [6, 6.07) is 13.2. The Hall–Kier alpha value is -2.43. The van der Waals surface area contributed by atoms with Crippen LogP contribution in [0.25, 0.3) is 0 Å². The molecule has 2 rings (SSSR count). The lowest BCUT2D eigenvalue weighted by atomic mass is 10.0. The zero-order chi connectivity index (χ0) is 16.2. The molecule has 0 saturated heterocycles. The number of hydrogen-bond donors (Lipinski definition) is 0. The molecule has 1 aromatic carbocycles. The van der Waals surface area contributed by atoms with E-state index in [1.807, 2.05) is 51.1 Å². The van der Waals surface area contributed by atoms with Crippen LogP contribution in [-0.4, -0.2) is 33.7 Å². The van der Waals surface area contributed by atoms with Crippen molar-refractivity contribution in [1.82, 2.24) is 15.1 Å². The van der Waals surface area contributed by atoms with E-state index in [1.54, 1.807) is 17.0 Å². The number of carbonyl (C=O) groups excluding carboxylic acids is 1. The molecule has 1 aromatic heterocycles. The molecule has 0 aliphatic rings. The molecule has 0 spiro atoms. The predicted octanol–water partition coefficient (Wildman–Crippen LogP) is 2.93. The monoisotopic (exact) mass is 299 g/mol. The first kappa shape index (κ1) is 15.9. The number of rotatable bonds is 4. The van der Waals surface area contributed by atoms with Crippen LogP contribution in [0.15, 0.2) is 42.5 Å². The third kappa shape index (κ3) is 3.81. The Kier molecular flexibility index (Phi) is 4.75. The summed E-state index contributed by atoms with van der Waals surface area (Å²) in [5.74, 6) is 0.244. The van der Waals surface area contributed by atoms with E-state index in [1.165, 1.54) is 7.11 Å². The number of methoxy groups -OCH3 is 1. The summed E-state index contributed by atoms with van der Waals surface area (Å²) >= 11 is 0. The maximum atomic E-state index is 12.8. The Labute approximate surface area is 130 Å². The van der Waals surface area contributed by atoms with Crippen LogP contribution in [0.3, 0.4) is 0 Å². The fourth-order valence-electron chi connectivity index (χ4n) is 2.06. The number of benzene rings is 1. The van der Waals surface area contributed by atoms with Gasteiger partial charge in [-0.05, 0) is 32.4 Å². The number of ether oxygens (including phenoxy) is 1. The SMILES string of the molecule is COc1ccc(C(=O)N(Cc2ccccc2)C(C)(C)C)nn1. The second-order valence-electron chi connectivity index (χ2n) is 6.01. The van der Waals surface area contributed by atoms with Crippen molar-refractivity contribution in [3.05, 3.63) is 53.7 Å². The fourth-order valence-corrected chi connectivity index (χ4v) is 2.06. The first-order valence-electron chi connectivity index (χ1n) is 7.15. The maximum absolute atomic E-state index is 12.8. The standard InChI is InChI=1S/C17H21N3O2/c1-17(2,3)20(12-13-8-6-5-7-9-13)16(21)14-10-11-15(22-4)19-18-14/h5-11H,12H2,1-4H3. The van der Waals surface area contributed by atoms with Crippen LogP contribution in [0.5, 0.6) is 5.88 Å². The van der Waals surface area contributed by atoms with Gasteiger partial charge >= 0.3 is 0 Å². The van der Waals surface area contributed by atoms with Gasteiger partial charge in [-0.1, -0.05) is 30.3 Å². The maximum Gasteiger partial charge on any atom is 0.275 e. The average Bonchev–Trinajstić information content (AvgIpc) is 2.52. The Morgan fingerprint density at radius 3 is 2.27 bits per heavy atom. The highest BCUT2D eigenvalue weighted by molar-refractivity contribution is 5.92. The third-order valence-corrected chi connectivity index (χ3v) is 3.31. The molecule has 1 heterocycles. The molecular formula is C17H21N3O2. The van der Waals surface area contributed by atoms with E-state index in [9.17, 15) is 4.79 Å². The quantitative estimate of drug-likeness (QED) is 0.871. The lowest BCUT2D eigenvalue weighted by Gasteiger charge is -2.35. The number of aromatic nitrogens is 2. The molecule has 0 N–H and O–H groups in total. The van der Waals surface area contributed by atoms with Gasteiger partial charge in [-0.3, -0.25) is 4.79 Å². The Bertz CT molecular complexity index is 619. The van der Waals surface area contributed by atoms with E-state index in [-0.39, 0.29) is 11.4 Å². The smallest absolute Gasteiger partial charge is 0.275 e. The third-order valence-electron chi connectivity index (χ3n) is 3.31.